The zero-order valence-electron chi connectivity index (χ0n) is 15.8. The summed E-state index contributed by atoms with van der Waals surface area (Å²) >= 11 is 0. The van der Waals surface area contributed by atoms with E-state index in [1.165, 1.54) is 12.3 Å². The summed E-state index contributed by atoms with van der Waals surface area (Å²) in [5.74, 6) is -1.29. The number of ether oxygens (including phenoxy) is 2. The van der Waals surface area contributed by atoms with Gasteiger partial charge in [0.2, 0.25) is 0 Å². The number of benzene rings is 1. The third-order valence-electron chi connectivity index (χ3n) is 3.53. The molecule has 2 rings (SSSR count). The lowest BCUT2D eigenvalue weighted by molar-refractivity contribution is -0.155. The van der Waals surface area contributed by atoms with E-state index < -0.39 is 28.7 Å². The number of carboxylic acid groups (broad SMARTS) is 1. The molecule has 0 aliphatic carbocycles. The van der Waals surface area contributed by atoms with Crippen LogP contribution < -0.4 is 10.3 Å². The van der Waals surface area contributed by atoms with Gasteiger partial charge in [-0.3, -0.25) is 9.59 Å². The molecule has 0 saturated heterocycles. The summed E-state index contributed by atoms with van der Waals surface area (Å²) in [4.78, 5) is 35.9. The Balaban J connectivity index is 2.44. The van der Waals surface area contributed by atoms with Gasteiger partial charge in [-0.25, -0.2) is 4.79 Å². The average molecular weight is 373 g/mol. The highest BCUT2D eigenvalue weighted by Gasteiger charge is 2.20. The van der Waals surface area contributed by atoms with Gasteiger partial charge in [-0.05, 0) is 57.0 Å². The molecular formula is C20H23NO6. The summed E-state index contributed by atoms with van der Waals surface area (Å²) in [7, 11) is 0. The molecule has 0 atom stereocenters. The van der Waals surface area contributed by atoms with Gasteiger partial charge in [-0.15, -0.1) is 0 Å². The molecular weight excluding hydrogens is 350 g/mol. The maximum Gasteiger partial charge on any atom is 0.341 e. The van der Waals surface area contributed by atoms with Crippen LogP contribution in [-0.4, -0.2) is 33.8 Å². The van der Waals surface area contributed by atoms with Gasteiger partial charge < -0.3 is 19.1 Å². The Morgan fingerprint density at radius 1 is 1.11 bits per heavy atom. The second-order valence-electron chi connectivity index (χ2n) is 6.92. The van der Waals surface area contributed by atoms with Gasteiger partial charge in [0.05, 0.1) is 6.61 Å². The fourth-order valence-electron chi connectivity index (χ4n) is 2.49. The molecule has 0 radical (unpaired) electrons. The summed E-state index contributed by atoms with van der Waals surface area (Å²) in [6.45, 7) is 7.18. The van der Waals surface area contributed by atoms with Gasteiger partial charge in [0.25, 0.3) is 5.56 Å². The van der Waals surface area contributed by atoms with Crippen LogP contribution in [0.1, 0.15) is 38.1 Å². The van der Waals surface area contributed by atoms with Crippen LogP contribution in [0.5, 0.6) is 5.75 Å². The fraction of sp³-hybridized carbons (Fsp3) is 0.350. The number of carbonyl (C=O) groups is 2. The van der Waals surface area contributed by atoms with E-state index >= 15 is 0 Å². The first-order chi connectivity index (χ1) is 12.6. The number of carbonyl (C=O) groups excluding carboxylic acids is 1. The van der Waals surface area contributed by atoms with Crippen molar-refractivity contribution >= 4 is 11.9 Å². The van der Waals surface area contributed by atoms with E-state index in [1.807, 2.05) is 6.92 Å². The third kappa shape index (κ3) is 5.44. The van der Waals surface area contributed by atoms with E-state index in [1.54, 1.807) is 45.0 Å². The van der Waals surface area contributed by atoms with E-state index in [9.17, 15) is 19.5 Å². The highest BCUT2D eigenvalue weighted by Crippen LogP contribution is 2.22. The first-order valence-corrected chi connectivity index (χ1v) is 8.53. The Morgan fingerprint density at radius 2 is 1.74 bits per heavy atom. The zero-order chi connectivity index (χ0) is 20.2. The second kappa shape index (κ2) is 8.07. The first kappa shape index (κ1) is 20.2. The van der Waals surface area contributed by atoms with E-state index in [0.29, 0.717) is 23.5 Å². The van der Waals surface area contributed by atoms with Crippen LogP contribution in [0.2, 0.25) is 0 Å². The van der Waals surface area contributed by atoms with E-state index in [0.717, 1.165) is 4.57 Å². The number of rotatable bonds is 6. The van der Waals surface area contributed by atoms with Crippen molar-refractivity contribution in [2.75, 3.05) is 6.61 Å². The highest BCUT2D eigenvalue weighted by molar-refractivity contribution is 5.89. The predicted octanol–water partition coefficient (Wildman–Crippen LogP) is 2.95. The van der Waals surface area contributed by atoms with Gasteiger partial charge in [0.1, 0.15) is 23.5 Å². The van der Waals surface area contributed by atoms with Gasteiger partial charge in [0, 0.05) is 6.20 Å². The normalized spacial score (nSPS) is 11.1. The van der Waals surface area contributed by atoms with Crippen LogP contribution in [0, 0.1) is 0 Å². The second-order valence-corrected chi connectivity index (χ2v) is 6.92. The molecule has 1 aromatic heterocycles. The van der Waals surface area contributed by atoms with Crippen molar-refractivity contribution < 1.29 is 24.2 Å². The quantitative estimate of drug-likeness (QED) is 0.782. The topological polar surface area (TPSA) is 94.8 Å². The minimum Gasteiger partial charge on any atom is -0.494 e. The molecule has 144 valence electrons. The van der Waals surface area contributed by atoms with Gasteiger partial charge >= 0.3 is 11.9 Å². The molecule has 7 heteroatoms. The Kier molecular flexibility index (Phi) is 6.05. The minimum atomic E-state index is -1.36. The first-order valence-electron chi connectivity index (χ1n) is 8.53. The van der Waals surface area contributed by atoms with E-state index in [4.69, 9.17) is 9.47 Å². The number of esters is 1. The summed E-state index contributed by atoms with van der Waals surface area (Å²) in [5.41, 5.74) is -0.686. The molecule has 1 aromatic carbocycles. The molecule has 7 nitrogen and oxygen atoms in total. The molecule has 1 heterocycles. The summed E-state index contributed by atoms with van der Waals surface area (Å²) < 4.78 is 11.7. The van der Waals surface area contributed by atoms with Gasteiger partial charge in [-0.2, -0.15) is 0 Å². The number of pyridine rings is 1. The van der Waals surface area contributed by atoms with Crippen molar-refractivity contribution in [1.29, 1.82) is 0 Å². The molecule has 1 N–H and O–H groups in total. The number of nitrogens with zero attached hydrogens (tertiary/aromatic N) is 1. The van der Waals surface area contributed by atoms with Crippen molar-refractivity contribution in [3.8, 4) is 16.9 Å². The lowest BCUT2D eigenvalue weighted by atomic mass is 10.1. The summed E-state index contributed by atoms with van der Waals surface area (Å²) in [6.07, 6.45) is 1.45. The predicted molar refractivity (Wildman–Crippen MR) is 100 cm³/mol. The molecule has 0 spiro atoms. The molecule has 2 aromatic rings. The third-order valence-corrected chi connectivity index (χ3v) is 3.53. The Morgan fingerprint density at radius 3 is 2.26 bits per heavy atom. The maximum absolute atomic E-state index is 12.4. The number of aromatic carboxylic acids is 1. The van der Waals surface area contributed by atoms with Crippen LogP contribution in [0.4, 0.5) is 0 Å². The maximum atomic E-state index is 12.4. The molecule has 0 amide bonds. The molecule has 27 heavy (non-hydrogen) atoms. The number of aromatic nitrogens is 1. The van der Waals surface area contributed by atoms with Crippen molar-refractivity contribution in [3.63, 3.8) is 0 Å². The Labute approximate surface area is 157 Å². The number of carboxylic acids is 1. The molecule has 0 aliphatic heterocycles. The summed E-state index contributed by atoms with van der Waals surface area (Å²) in [5, 5.41) is 9.35. The number of hydrogen-bond donors (Lipinski definition) is 1. The van der Waals surface area contributed by atoms with Gasteiger partial charge in [0.15, 0.2) is 0 Å². The number of hydrogen-bond acceptors (Lipinski definition) is 5. The Bertz CT molecular complexity index is 890. The lowest BCUT2D eigenvalue weighted by Gasteiger charge is -2.20. The van der Waals surface area contributed by atoms with Crippen molar-refractivity contribution in [2.24, 2.45) is 0 Å². The van der Waals surface area contributed by atoms with Crippen LogP contribution in [-0.2, 0) is 16.1 Å². The van der Waals surface area contributed by atoms with Gasteiger partial charge in [-0.1, -0.05) is 12.1 Å². The van der Waals surface area contributed by atoms with Crippen molar-refractivity contribution in [2.45, 2.75) is 39.8 Å². The van der Waals surface area contributed by atoms with E-state index in [2.05, 4.69) is 0 Å². The van der Waals surface area contributed by atoms with Crippen LogP contribution >= 0.6 is 0 Å². The Hall–Kier alpha value is -3.09. The lowest BCUT2D eigenvalue weighted by Crippen LogP contribution is -2.32. The van der Waals surface area contributed by atoms with Crippen molar-refractivity contribution in [1.82, 2.24) is 4.57 Å². The largest absolute Gasteiger partial charge is 0.494 e. The molecule has 0 fully saturated rings. The zero-order valence-corrected chi connectivity index (χ0v) is 15.8. The highest BCUT2D eigenvalue weighted by atomic mass is 16.6. The monoisotopic (exact) mass is 373 g/mol. The summed E-state index contributed by atoms with van der Waals surface area (Å²) in [6, 6.07) is 8.32. The van der Waals surface area contributed by atoms with Crippen LogP contribution in [0.3, 0.4) is 0 Å². The fourth-order valence-corrected chi connectivity index (χ4v) is 2.49. The smallest absolute Gasteiger partial charge is 0.341 e. The van der Waals surface area contributed by atoms with Crippen LogP contribution in [0.15, 0.2) is 41.3 Å². The average Bonchev–Trinajstić information content (AvgIpc) is 2.55. The van der Waals surface area contributed by atoms with Crippen LogP contribution in [0.25, 0.3) is 11.1 Å². The SMILES string of the molecule is CCOc1ccc(-c2cc(C(=O)O)c(=O)n(CC(=O)OC(C)(C)C)c2)cc1. The molecule has 0 bridgehead atoms. The molecule has 0 aliphatic rings. The van der Waals surface area contributed by atoms with Crippen molar-refractivity contribution in [3.05, 3.63) is 52.4 Å². The molecule has 0 saturated carbocycles. The standard InChI is InChI=1S/C20H23NO6/c1-5-26-15-8-6-13(7-9-15)14-10-16(19(24)25)18(23)21(11-14)12-17(22)27-20(2,3)4/h6-11H,5,12H2,1-4H3,(H,24,25). The molecule has 0 unspecified atom stereocenters. The minimum absolute atomic E-state index is 0.374. The van der Waals surface area contributed by atoms with E-state index in [-0.39, 0.29) is 6.54 Å².